The third-order valence-electron chi connectivity index (χ3n) is 5.85. The molecule has 5 rings (SSSR count). The van der Waals surface area contributed by atoms with Crippen LogP contribution in [0.3, 0.4) is 0 Å². The van der Waals surface area contributed by atoms with Crippen LogP contribution >= 0.6 is 11.3 Å². The molecule has 1 aliphatic rings. The van der Waals surface area contributed by atoms with E-state index in [0.29, 0.717) is 17.9 Å². The van der Waals surface area contributed by atoms with Crippen LogP contribution in [0.25, 0.3) is 21.5 Å². The van der Waals surface area contributed by atoms with Crippen molar-refractivity contribution in [3.05, 3.63) is 75.8 Å². The standard InChI is InChI=1S/C25H25N5OS/c1-15-21(18-9-5-10-19(23(26)31)22(18)32-15)25-29-20-14-27-12-6-11-17(20)24(30-25)28-13-16-7-3-2-4-8-16/h2-5,7-10,27H,6,11-14H2,1H3,(H2,26,31)(H,28,29,30). The van der Waals surface area contributed by atoms with Gasteiger partial charge in [0.2, 0.25) is 5.91 Å². The molecule has 0 bridgehead atoms. The highest BCUT2D eigenvalue weighted by Crippen LogP contribution is 2.39. The fraction of sp³-hybridized carbons (Fsp3) is 0.240. The van der Waals surface area contributed by atoms with E-state index in [0.717, 1.165) is 58.0 Å². The maximum Gasteiger partial charge on any atom is 0.250 e. The molecule has 4 N–H and O–H groups in total. The van der Waals surface area contributed by atoms with E-state index in [1.165, 1.54) is 11.1 Å². The second-order valence-corrected chi connectivity index (χ2v) is 9.25. The Labute approximate surface area is 190 Å². The van der Waals surface area contributed by atoms with Crippen LogP contribution in [0.2, 0.25) is 0 Å². The highest BCUT2D eigenvalue weighted by atomic mass is 32.1. The number of nitrogens with two attached hydrogens (primary N) is 1. The van der Waals surface area contributed by atoms with Gasteiger partial charge >= 0.3 is 0 Å². The number of fused-ring (bicyclic) bond motifs is 2. The third kappa shape index (κ3) is 3.85. The number of benzene rings is 2. The molecular weight excluding hydrogens is 418 g/mol. The Bertz CT molecular complexity index is 1300. The Morgan fingerprint density at radius 2 is 2.00 bits per heavy atom. The topological polar surface area (TPSA) is 92.9 Å². The molecule has 1 amide bonds. The van der Waals surface area contributed by atoms with Gasteiger partial charge in [-0.3, -0.25) is 4.79 Å². The first-order valence-electron chi connectivity index (χ1n) is 10.8. The monoisotopic (exact) mass is 443 g/mol. The number of nitrogens with zero attached hydrogens (tertiary/aromatic N) is 2. The SMILES string of the molecule is Cc1sc2c(C(N)=O)cccc2c1-c1nc2c(c(NCc3ccccc3)n1)CCCNC2. The van der Waals surface area contributed by atoms with Crippen molar-refractivity contribution in [3.8, 4) is 11.4 Å². The molecule has 6 nitrogen and oxygen atoms in total. The minimum absolute atomic E-state index is 0.416. The maximum absolute atomic E-state index is 12.0. The molecule has 3 heterocycles. The van der Waals surface area contributed by atoms with Crippen LogP contribution in [0.1, 0.15) is 38.5 Å². The molecule has 0 spiro atoms. The average Bonchev–Trinajstić information content (AvgIpc) is 2.96. The number of amides is 1. The molecule has 0 fully saturated rings. The number of carbonyl (C=O) groups is 1. The van der Waals surface area contributed by atoms with Crippen molar-refractivity contribution in [1.82, 2.24) is 15.3 Å². The van der Waals surface area contributed by atoms with E-state index in [2.05, 4.69) is 29.7 Å². The second kappa shape index (κ2) is 8.68. The summed E-state index contributed by atoms with van der Waals surface area (Å²) in [6.07, 6.45) is 1.99. The van der Waals surface area contributed by atoms with Crippen molar-refractivity contribution in [2.45, 2.75) is 32.9 Å². The normalized spacial score (nSPS) is 13.5. The van der Waals surface area contributed by atoms with Crippen LogP contribution < -0.4 is 16.4 Å². The van der Waals surface area contributed by atoms with E-state index in [1.54, 1.807) is 17.4 Å². The molecular formula is C25H25N5OS. The number of aromatic nitrogens is 2. The zero-order chi connectivity index (χ0) is 22.1. The van der Waals surface area contributed by atoms with Gasteiger partial charge in [0.05, 0.1) is 11.3 Å². The summed E-state index contributed by atoms with van der Waals surface area (Å²) in [5, 5.41) is 8.01. The zero-order valence-electron chi connectivity index (χ0n) is 17.9. The Balaban J connectivity index is 1.63. The van der Waals surface area contributed by atoms with Crippen molar-refractivity contribution >= 4 is 33.1 Å². The number of anilines is 1. The van der Waals surface area contributed by atoms with Gasteiger partial charge in [-0.05, 0) is 37.9 Å². The van der Waals surface area contributed by atoms with E-state index < -0.39 is 5.91 Å². The van der Waals surface area contributed by atoms with Crippen molar-refractivity contribution in [3.63, 3.8) is 0 Å². The number of primary amides is 1. The number of hydrogen-bond donors (Lipinski definition) is 3. The third-order valence-corrected chi connectivity index (χ3v) is 7.00. The lowest BCUT2D eigenvalue weighted by Crippen LogP contribution is -2.14. The summed E-state index contributed by atoms with van der Waals surface area (Å²) in [5.41, 5.74) is 10.6. The van der Waals surface area contributed by atoms with E-state index >= 15 is 0 Å². The molecule has 0 saturated carbocycles. The second-order valence-electron chi connectivity index (χ2n) is 8.02. The smallest absolute Gasteiger partial charge is 0.250 e. The minimum Gasteiger partial charge on any atom is -0.366 e. The summed E-state index contributed by atoms with van der Waals surface area (Å²) >= 11 is 1.57. The number of aryl methyl sites for hydroxylation is 1. The minimum atomic E-state index is -0.416. The molecule has 7 heteroatoms. The van der Waals surface area contributed by atoms with Gasteiger partial charge in [-0.15, -0.1) is 11.3 Å². The molecule has 0 saturated heterocycles. The lowest BCUT2D eigenvalue weighted by molar-refractivity contribution is 0.100. The van der Waals surface area contributed by atoms with Crippen molar-refractivity contribution in [1.29, 1.82) is 0 Å². The van der Waals surface area contributed by atoms with Gasteiger partial charge in [-0.25, -0.2) is 9.97 Å². The summed E-state index contributed by atoms with van der Waals surface area (Å²) in [7, 11) is 0. The molecule has 1 aliphatic heterocycles. The van der Waals surface area contributed by atoms with Crippen LogP contribution in [0.5, 0.6) is 0 Å². The van der Waals surface area contributed by atoms with Gasteiger partial charge < -0.3 is 16.4 Å². The molecule has 32 heavy (non-hydrogen) atoms. The molecule has 0 atom stereocenters. The fourth-order valence-corrected chi connectivity index (χ4v) is 5.45. The number of thiophene rings is 1. The van der Waals surface area contributed by atoms with Crippen LogP contribution in [0, 0.1) is 6.92 Å². The van der Waals surface area contributed by atoms with Gasteiger partial charge in [0.1, 0.15) is 5.82 Å². The van der Waals surface area contributed by atoms with Crippen molar-refractivity contribution in [2.75, 3.05) is 11.9 Å². The Kier molecular flexibility index (Phi) is 5.59. The van der Waals surface area contributed by atoms with Gasteiger partial charge in [0, 0.05) is 39.2 Å². The summed E-state index contributed by atoms with van der Waals surface area (Å²) in [6, 6.07) is 16.0. The van der Waals surface area contributed by atoms with Crippen LogP contribution in [-0.2, 0) is 19.5 Å². The number of nitrogens with one attached hydrogen (secondary N) is 2. The van der Waals surface area contributed by atoms with Gasteiger partial charge in [0.15, 0.2) is 5.82 Å². The first kappa shape index (κ1) is 20.6. The molecule has 4 aromatic rings. The maximum atomic E-state index is 12.0. The largest absolute Gasteiger partial charge is 0.366 e. The first-order valence-corrected chi connectivity index (χ1v) is 11.6. The Hall–Kier alpha value is -3.29. The summed E-state index contributed by atoms with van der Waals surface area (Å²) < 4.78 is 0.892. The predicted octanol–water partition coefficient (Wildman–Crippen LogP) is 4.41. The van der Waals surface area contributed by atoms with Crippen LogP contribution in [0.4, 0.5) is 5.82 Å². The number of hydrogen-bond acceptors (Lipinski definition) is 6. The van der Waals surface area contributed by atoms with E-state index in [9.17, 15) is 4.79 Å². The highest BCUT2D eigenvalue weighted by Gasteiger charge is 2.22. The fourth-order valence-electron chi connectivity index (χ4n) is 4.29. The van der Waals surface area contributed by atoms with E-state index in [4.69, 9.17) is 15.7 Å². The average molecular weight is 444 g/mol. The number of carbonyl (C=O) groups excluding carboxylic acids is 1. The summed E-state index contributed by atoms with van der Waals surface area (Å²) in [6.45, 7) is 4.44. The predicted molar refractivity (Wildman–Crippen MR) is 130 cm³/mol. The van der Waals surface area contributed by atoms with E-state index in [-0.39, 0.29) is 0 Å². The molecule has 2 aromatic carbocycles. The Morgan fingerprint density at radius 3 is 2.81 bits per heavy atom. The van der Waals surface area contributed by atoms with Gasteiger partial charge in [0.25, 0.3) is 0 Å². The molecule has 2 aromatic heterocycles. The number of rotatable bonds is 5. The van der Waals surface area contributed by atoms with Crippen molar-refractivity contribution in [2.24, 2.45) is 5.73 Å². The summed E-state index contributed by atoms with van der Waals surface area (Å²) in [5.74, 6) is 1.16. The van der Waals surface area contributed by atoms with Gasteiger partial charge in [-0.1, -0.05) is 42.5 Å². The molecule has 0 unspecified atom stereocenters. The highest BCUT2D eigenvalue weighted by molar-refractivity contribution is 7.20. The first-order chi connectivity index (χ1) is 15.6. The lowest BCUT2D eigenvalue weighted by atomic mass is 10.1. The van der Waals surface area contributed by atoms with Crippen LogP contribution in [-0.4, -0.2) is 22.4 Å². The van der Waals surface area contributed by atoms with Gasteiger partial charge in [-0.2, -0.15) is 0 Å². The lowest BCUT2D eigenvalue weighted by Gasteiger charge is -2.15. The van der Waals surface area contributed by atoms with Crippen molar-refractivity contribution < 1.29 is 4.79 Å². The molecule has 0 radical (unpaired) electrons. The summed E-state index contributed by atoms with van der Waals surface area (Å²) in [4.78, 5) is 23.0. The van der Waals surface area contributed by atoms with E-state index in [1.807, 2.05) is 30.3 Å². The molecule has 0 aliphatic carbocycles. The zero-order valence-corrected chi connectivity index (χ0v) is 18.8. The van der Waals surface area contributed by atoms with Crippen LogP contribution in [0.15, 0.2) is 48.5 Å². The molecule has 162 valence electrons. The Morgan fingerprint density at radius 1 is 1.16 bits per heavy atom. The quantitative estimate of drug-likeness (QED) is 0.425.